The lowest BCUT2D eigenvalue weighted by molar-refractivity contribution is -0.192. The minimum atomic E-state index is -5.08. The van der Waals surface area contributed by atoms with E-state index in [1.54, 1.807) is 37.2 Å². The molecule has 0 aliphatic carbocycles. The molecule has 8 nitrogen and oxygen atoms in total. The zero-order valence-corrected chi connectivity index (χ0v) is 19.9. The molecule has 2 aliphatic rings. The summed E-state index contributed by atoms with van der Waals surface area (Å²) in [7, 11) is 3.57. The third-order valence-electron chi connectivity index (χ3n) is 5.80. The van der Waals surface area contributed by atoms with Gasteiger partial charge in [0.05, 0.1) is 19.8 Å². The largest absolute Gasteiger partial charge is 0.490 e. The van der Waals surface area contributed by atoms with Gasteiger partial charge < -0.3 is 19.6 Å². The summed E-state index contributed by atoms with van der Waals surface area (Å²) >= 11 is 6.02. The van der Waals surface area contributed by atoms with Crippen LogP contribution < -0.4 is 0 Å². The van der Waals surface area contributed by atoms with E-state index in [4.69, 9.17) is 26.2 Å². The van der Waals surface area contributed by atoms with E-state index in [2.05, 4.69) is 4.90 Å². The van der Waals surface area contributed by atoms with Crippen molar-refractivity contribution in [1.29, 1.82) is 0 Å². The molecule has 3 rings (SSSR count). The number of hydrogen-bond acceptors (Lipinski definition) is 5. The third-order valence-corrected chi connectivity index (χ3v) is 6.04. The maximum atomic E-state index is 12.8. The molecule has 190 valence electrons. The molecule has 0 saturated carbocycles. The molecule has 34 heavy (non-hydrogen) atoms. The van der Waals surface area contributed by atoms with Gasteiger partial charge in [0.15, 0.2) is 0 Å². The van der Waals surface area contributed by atoms with E-state index >= 15 is 0 Å². The molecule has 0 unspecified atom stereocenters. The van der Waals surface area contributed by atoms with Crippen LogP contribution >= 0.6 is 11.6 Å². The number of carbonyl (C=O) groups is 3. The average Bonchev–Trinajstić information content (AvgIpc) is 2.95. The highest BCUT2D eigenvalue weighted by molar-refractivity contribution is 6.30. The molecule has 0 atom stereocenters. The molecule has 2 aliphatic heterocycles. The Labute approximate surface area is 201 Å². The average molecular weight is 508 g/mol. The van der Waals surface area contributed by atoms with Crippen LogP contribution in [0.1, 0.15) is 23.2 Å². The molecule has 1 aromatic carbocycles. The Balaban J connectivity index is 0.000000509. The van der Waals surface area contributed by atoms with Crippen molar-refractivity contribution in [3.05, 3.63) is 34.9 Å². The van der Waals surface area contributed by atoms with Gasteiger partial charge in [-0.3, -0.25) is 14.5 Å². The number of likely N-dealkylation sites (N-methyl/N-ethyl adjacent to an activating group) is 1. The molecule has 2 heterocycles. The Bertz CT molecular complexity index is 874. The number of nitrogens with zero attached hydrogens (tertiary/aromatic N) is 3. The number of carboxylic acid groups (broad SMARTS) is 1. The number of alkyl halides is 3. The van der Waals surface area contributed by atoms with Crippen molar-refractivity contribution in [2.75, 3.05) is 60.0 Å². The Kier molecular flexibility index (Phi) is 9.72. The molecular formula is C22H29ClF3N3O5. The lowest BCUT2D eigenvalue weighted by Crippen LogP contribution is -2.50. The molecule has 0 radical (unpaired) electrons. The van der Waals surface area contributed by atoms with Gasteiger partial charge in [-0.2, -0.15) is 13.2 Å². The van der Waals surface area contributed by atoms with Crippen molar-refractivity contribution >= 4 is 29.4 Å². The number of rotatable bonds is 3. The van der Waals surface area contributed by atoms with Gasteiger partial charge in [-0.15, -0.1) is 0 Å². The topological polar surface area (TPSA) is 90.4 Å². The normalized spacial score (nSPS) is 18.5. The minimum Gasteiger partial charge on any atom is -0.475 e. The standard InChI is InChI=1S/C20H28ClN3O3.C2HF3O2/c1-22(2)18(25)13-23-10-11-27-15-20(14-23)6-8-24(9-7-20)19(26)16-4-3-5-17(21)12-16;3-2(4,5)1(6)7/h3-5,12H,6-11,13-15H2,1-2H3;(H,6,7). The second kappa shape index (κ2) is 11.9. The van der Waals surface area contributed by atoms with Gasteiger partial charge in [-0.05, 0) is 31.0 Å². The molecule has 0 aromatic heterocycles. The van der Waals surface area contributed by atoms with E-state index in [0.717, 1.165) is 25.9 Å². The SMILES string of the molecule is CN(C)C(=O)CN1CCOCC2(CCN(C(=O)c3cccc(Cl)c3)CC2)C1.O=C(O)C(F)(F)F. The van der Waals surface area contributed by atoms with Crippen molar-refractivity contribution in [1.82, 2.24) is 14.7 Å². The zero-order chi connectivity index (χ0) is 25.5. The van der Waals surface area contributed by atoms with Gasteiger partial charge in [0.2, 0.25) is 5.91 Å². The second-order valence-electron chi connectivity index (χ2n) is 8.66. The van der Waals surface area contributed by atoms with Crippen molar-refractivity contribution < 1.29 is 37.4 Å². The molecule has 2 saturated heterocycles. The monoisotopic (exact) mass is 507 g/mol. The number of ether oxygens (including phenoxy) is 1. The van der Waals surface area contributed by atoms with Crippen molar-refractivity contribution in [2.45, 2.75) is 19.0 Å². The maximum absolute atomic E-state index is 12.8. The fourth-order valence-corrected chi connectivity index (χ4v) is 4.03. The van der Waals surface area contributed by atoms with Crippen LogP contribution in [-0.4, -0.2) is 104 Å². The van der Waals surface area contributed by atoms with Crippen LogP contribution in [0.2, 0.25) is 5.02 Å². The second-order valence-corrected chi connectivity index (χ2v) is 9.09. The Morgan fingerprint density at radius 1 is 1.18 bits per heavy atom. The molecule has 2 fully saturated rings. The summed E-state index contributed by atoms with van der Waals surface area (Å²) in [4.78, 5) is 39.5. The van der Waals surface area contributed by atoms with Crippen LogP contribution in [0, 0.1) is 5.41 Å². The predicted octanol–water partition coefficient (Wildman–Crippen LogP) is 2.62. The number of likely N-dealkylation sites (tertiary alicyclic amines) is 1. The van der Waals surface area contributed by atoms with Crippen molar-refractivity contribution in [3.63, 3.8) is 0 Å². The summed E-state index contributed by atoms with van der Waals surface area (Å²) in [6.45, 7) is 4.77. The predicted molar refractivity (Wildman–Crippen MR) is 119 cm³/mol. The van der Waals surface area contributed by atoms with Crippen LogP contribution in [0.15, 0.2) is 24.3 Å². The highest BCUT2D eigenvalue weighted by atomic mass is 35.5. The van der Waals surface area contributed by atoms with E-state index in [1.165, 1.54) is 0 Å². The molecule has 12 heteroatoms. The first-order valence-electron chi connectivity index (χ1n) is 10.7. The number of amides is 2. The Morgan fingerprint density at radius 3 is 2.32 bits per heavy atom. The van der Waals surface area contributed by atoms with E-state index < -0.39 is 12.1 Å². The summed E-state index contributed by atoms with van der Waals surface area (Å²) in [6.07, 6.45) is -3.32. The summed E-state index contributed by atoms with van der Waals surface area (Å²) in [5, 5.41) is 7.70. The molecule has 1 spiro atoms. The number of benzene rings is 1. The number of piperidine rings is 1. The van der Waals surface area contributed by atoms with Crippen LogP contribution in [0.3, 0.4) is 0 Å². The Morgan fingerprint density at radius 2 is 1.79 bits per heavy atom. The van der Waals surface area contributed by atoms with Gasteiger partial charge in [0.25, 0.3) is 5.91 Å². The summed E-state index contributed by atoms with van der Waals surface area (Å²) in [5.41, 5.74) is 0.641. The van der Waals surface area contributed by atoms with Crippen LogP contribution in [0.5, 0.6) is 0 Å². The lowest BCUT2D eigenvalue weighted by atomic mass is 9.78. The lowest BCUT2D eigenvalue weighted by Gasteiger charge is -2.42. The van der Waals surface area contributed by atoms with E-state index in [0.29, 0.717) is 43.4 Å². The van der Waals surface area contributed by atoms with Gasteiger partial charge in [-0.1, -0.05) is 17.7 Å². The summed E-state index contributed by atoms with van der Waals surface area (Å²) < 4.78 is 37.6. The molecule has 1 aromatic rings. The summed E-state index contributed by atoms with van der Waals surface area (Å²) in [5.74, 6) is -2.62. The minimum absolute atomic E-state index is 0.00814. The van der Waals surface area contributed by atoms with Crippen LogP contribution in [-0.2, 0) is 14.3 Å². The van der Waals surface area contributed by atoms with E-state index in [-0.39, 0.29) is 17.2 Å². The molecule has 0 bridgehead atoms. The smallest absolute Gasteiger partial charge is 0.475 e. The van der Waals surface area contributed by atoms with Gasteiger partial charge in [0.1, 0.15) is 0 Å². The third kappa shape index (κ3) is 8.14. The number of hydrogen-bond donors (Lipinski definition) is 1. The zero-order valence-electron chi connectivity index (χ0n) is 19.1. The number of halogens is 4. The fraction of sp³-hybridized carbons (Fsp3) is 0.591. The van der Waals surface area contributed by atoms with E-state index in [1.807, 2.05) is 11.0 Å². The highest BCUT2D eigenvalue weighted by Crippen LogP contribution is 2.35. The van der Waals surface area contributed by atoms with Crippen molar-refractivity contribution in [3.8, 4) is 0 Å². The van der Waals surface area contributed by atoms with Gasteiger partial charge in [0, 0.05) is 56.3 Å². The van der Waals surface area contributed by atoms with Gasteiger partial charge >= 0.3 is 12.1 Å². The highest BCUT2D eigenvalue weighted by Gasteiger charge is 2.40. The number of aliphatic carboxylic acids is 1. The van der Waals surface area contributed by atoms with Crippen LogP contribution in [0.25, 0.3) is 0 Å². The molecular weight excluding hydrogens is 479 g/mol. The number of carboxylic acids is 1. The first kappa shape index (κ1) is 27.9. The van der Waals surface area contributed by atoms with Crippen LogP contribution in [0.4, 0.5) is 13.2 Å². The fourth-order valence-electron chi connectivity index (χ4n) is 3.84. The Hall–Kier alpha value is -2.37. The van der Waals surface area contributed by atoms with Gasteiger partial charge in [-0.25, -0.2) is 4.79 Å². The first-order valence-corrected chi connectivity index (χ1v) is 11.1. The van der Waals surface area contributed by atoms with Crippen molar-refractivity contribution in [2.24, 2.45) is 5.41 Å². The first-order chi connectivity index (χ1) is 15.8. The maximum Gasteiger partial charge on any atom is 0.490 e. The molecule has 1 N–H and O–H groups in total. The van der Waals surface area contributed by atoms with E-state index in [9.17, 15) is 22.8 Å². The number of carbonyl (C=O) groups excluding carboxylic acids is 2. The quantitative estimate of drug-likeness (QED) is 0.676. The molecule has 2 amide bonds. The summed E-state index contributed by atoms with van der Waals surface area (Å²) in [6, 6.07) is 7.11.